The standard InChI is InChI=1S/C10H17NO2/c1-9(2)11-5-7-13-10(8-11)4-3-6-12/h3-4,6,9-10H,5,7-8H2,1-2H3/b4-3+/t10-/m1/s1. The highest BCUT2D eigenvalue weighted by atomic mass is 16.5. The molecule has 0 unspecified atom stereocenters. The Kier molecular flexibility index (Phi) is 4.12. The molecule has 0 amide bonds. The number of morpholine rings is 1. The predicted octanol–water partition coefficient (Wildman–Crippen LogP) is 0.851. The Morgan fingerprint density at radius 2 is 2.31 bits per heavy atom. The summed E-state index contributed by atoms with van der Waals surface area (Å²) in [5, 5.41) is 0. The average molecular weight is 183 g/mol. The van der Waals surface area contributed by atoms with Crippen LogP contribution in [0.25, 0.3) is 0 Å². The number of carbonyl (C=O) groups is 1. The number of nitrogens with zero attached hydrogens (tertiary/aromatic N) is 1. The van der Waals surface area contributed by atoms with Gasteiger partial charge in [0.15, 0.2) is 0 Å². The van der Waals surface area contributed by atoms with Crippen LogP contribution in [0, 0.1) is 0 Å². The summed E-state index contributed by atoms with van der Waals surface area (Å²) in [4.78, 5) is 12.5. The minimum Gasteiger partial charge on any atom is -0.371 e. The van der Waals surface area contributed by atoms with Crippen molar-refractivity contribution in [2.45, 2.75) is 26.0 Å². The second-order valence-electron chi connectivity index (χ2n) is 3.52. The molecule has 0 saturated carbocycles. The van der Waals surface area contributed by atoms with Crippen molar-refractivity contribution in [3.05, 3.63) is 12.2 Å². The van der Waals surface area contributed by atoms with Gasteiger partial charge in [-0.3, -0.25) is 9.69 Å². The van der Waals surface area contributed by atoms with E-state index in [4.69, 9.17) is 4.74 Å². The maximum absolute atomic E-state index is 10.1. The molecule has 1 atom stereocenters. The van der Waals surface area contributed by atoms with E-state index < -0.39 is 0 Å². The molecule has 0 spiro atoms. The van der Waals surface area contributed by atoms with Gasteiger partial charge in [-0.1, -0.05) is 6.08 Å². The molecule has 0 bridgehead atoms. The Morgan fingerprint density at radius 1 is 1.54 bits per heavy atom. The smallest absolute Gasteiger partial charge is 0.142 e. The van der Waals surface area contributed by atoms with E-state index in [9.17, 15) is 4.79 Å². The molecule has 1 heterocycles. The summed E-state index contributed by atoms with van der Waals surface area (Å²) in [7, 11) is 0. The van der Waals surface area contributed by atoms with Crippen LogP contribution < -0.4 is 0 Å². The zero-order chi connectivity index (χ0) is 9.68. The molecule has 0 radical (unpaired) electrons. The summed E-state index contributed by atoms with van der Waals surface area (Å²) < 4.78 is 5.47. The minimum absolute atomic E-state index is 0.0846. The molecular weight excluding hydrogens is 166 g/mol. The second-order valence-corrected chi connectivity index (χ2v) is 3.52. The Labute approximate surface area is 79.4 Å². The molecule has 0 aliphatic carbocycles. The van der Waals surface area contributed by atoms with Crippen molar-refractivity contribution in [1.29, 1.82) is 0 Å². The largest absolute Gasteiger partial charge is 0.371 e. The maximum atomic E-state index is 10.1. The van der Waals surface area contributed by atoms with E-state index in [1.165, 1.54) is 6.08 Å². The lowest BCUT2D eigenvalue weighted by molar-refractivity contribution is -0.104. The highest BCUT2D eigenvalue weighted by Crippen LogP contribution is 2.09. The van der Waals surface area contributed by atoms with Gasteiger partial charge in [0.1, 0.15) is 6.29 Å². The van der Waals surface area contributed by atoms with E-state index in [0.717, 1.165) is 26.0 Å². The third-order valence-electron chi connectivity index (χ3n) is 2.26. The summed E-state index contributed by atoms with van der Waals surface area (Å²) >= 11 is 0. The van der Waals surface area contributed by atoms with Gasteiger partial charge in [0.2, 0.25) is 0 Å². The van der Waals surface area contributed by atoms with E-state index in [0.29, 0.717) is 6.04 Å². The number of rotatable bonds is 3. The molecule has 1 rings (SSSR count). The summed E-state index contributed by atoms with van der Waals surface area (Å²) in [6.45, 7) is 6.98. The molecular formula is C10H17NO2. The van der Waals surface area contributed by atoms with Crippen LogP contribution in [0.5, 0.6) is 0 Å². The number of allylic oxidation sites excluding steroid dienone is 1. The predicted molar refractivity (Wildman–Crippen MR) is 51.7 cm³/mol. The van der Waals surface area contributed by atoms with Crippen molar-refractivity contribution in [2.24, 2.45) is 0 Å². The molecule has 0 aromatic heterocycles. The molecule has 74 valence electrons. The number of ether oxygens (including phenoxy) is 1. The monoisotopic (exact) mass is 183 g/mol. The fraction of sp³-hybridized carbons (Fsp3) is 0.700. The minimum atomic E-state index is 0.0846. The van der Waals surface area contributed by atoms with Crippen molar-refractivity contribution in [3.63, 3.8) is 0 Å². The van der Waals surface area contributed by atoms with Crippen LogP contribution in [0.3, 0.4) is 0 Å². The molecule has 3 heteroatoms. The number of hydrogen-bond donors (Lipinski definition) is 0. The molecule has 0 N–H and O–H groups in total. The average Bonchev–Trinajstić information content (AvgIpc) is 2.15. The third kappa shape index (κ3) is 3.28. The summed E-state index contributed by atoms with van der Waals surface area (Å²) in [6.07, 6.45) is 4.20. The van der Waals surface area contributed by atoms with E-state index in [2.05, 4.69) is 18.7 Å². The van der Waals surface area contributed by atoms with E-state index in [1.54, 1.807) is 0 Å². The zero-order valence-corrected chi connectivity index (χ0v) is 8.27. The fourth-order valence-electron chi connectivity index (χ4n) is 1.45. The summed E-state index contributed by atoms with van der Waals surface area (Å²) in [5.41, 5.74) is 0. The van der Waals surface area contributed by atoms with Crippen molar-refractivity contribution < 1.29 is 9.53 Å². The lowest BCUT2D eigenvalue weighted by atomic mass is 10.2. The molecule has 1 saturated heterocycles. The first-order valence-electron chi connectivity index (χ1n) is 4.71. The first-order valence-corrected chi connectivity index (χ1v) is 4.71. The van der Waals surface area contributed by atoms with E-state index in [-0.39, 0.29) is 6.10 Å². The highest BCUT2D eigenvalue weighted by molar-refractivity contribution is 5.64. The van der Waals surface area contributed by atoms with Gasteiger partial charge in [0.05, 0.1) is 12.7 Å². The van der Waals surface area contributed by atoms with Crippen LogP contribution in [0.4, 0.5) is 0 Å². The lowest BCUT2D eigenvalue weighted by Gasteiger charge is -2.34. The molecule has 1 aliphatic heterocycles. The van der Waals surface area contributed by atoms with Crippen molar-refractivity contribution in [3.8, 4) is 0 Å². The van der Waals surface area contributed by atoms with Gasteiger partial charge in [-0.2, -0.15) is 0 Å². The van der Waals surface area contributed by atoms with E-state index in [1.807, 2.05) is 6.08 Å². The van der Waals surface area contributed by atoms with Gasteiger partial charge in [-0.15, -0.1) is 0 Å². The van der Waals surface area contributed by atoms with Crippen LogP contribution in [0.1, 0.15) is 13.8 Å². The fourth-order valence-corrected chi connectivity index (χ4v) is 1.45. The number of carbonyl (C=O) groups excluding carboxylic acids is 1. The maximum Gasteiger partial charge on any atom is 0.142 e. The van der Waals surface area contributed by atoms with Crippen molar-refractivity contribution in [1.82, 2.24) is 4.90 Å². The van der Waals surface area contributed by atoms with Crippen LogP contribution in [0.15, 0.2) is 12.2 Å². The first-order chi connectivity index (χ1) is 6.24. The van der Waals surface area contributed by atoms with Gasteiger partial charge >= 0.3 is 0 Å². The van der Waals surface area contributed by atoms with Crippen LogP contribution in [0.2, 0.25) is 0 Å². The molecule has 3 nitrogen and oxygen atoms in total. The summed E-state index contributed by atoms with van der Waals surface area (Å²) in [5.74, 6) is 0. The Bertz CT molecular complexity index is 189. The number of aldehydes is 1. The van der Waals surface area contributed by atoms with Crippen LogP contribution >= 0.6 is 0 Å². The van der Waals surface area contributed by atoms with Crippen molar-refractivity contribution in [2.75, 3.05) is 19.7 Å². The van der Waals surface area contributed by atoms with Gasteiger partial charge < -0.3 is 4.74 Å². The molecule has 13 heavy (non-hydrogen) atoms. The van der Waals surface area contributed by atoms with Gasteiger partial charge in [0, 0.05) is 19.1 Å². The Hall–Kier alpha value is -0.670. The second kappa shape index (κ2) is 5.14. The highest BCUT2D eigenvalue weighted by Gasteiger charge is 2.19. The van der Waals surface area contributed by atoms with Gasteiger partial charge in [0.25, 0.3) is 0 Å². The summed E-state index contributed by atoms with van der Waals surface area (Å²) in [6, 6.07) is 0.552. The molecule has 1 fully saturated rings. The molecule has 0 aromatic rings. The van der Waals surface area contributed by atoms with Gasteiger partial charge in [-0.25, -0.2) is 0 Å². The quantitative estimate of drug-likeness (QED) is 0.480. The third-order valence-corrected chi connectivity index (χ3v) is 2.26. The van der Waals surface area contributed by atoms with Crippen LogP contribution in [-0.4, -0.2) is 43.0 Å². The normalized spacial score (nSPS) is 25.6. The van der Waals surface area contributed by atoms with Gasteiger partial charge in [-0.05, 0) is 19.9 Å². The Morgan fingerprint density at radius 3 is 2.92 bits per heavy atom. The first kappa shape index (κ1) is 10.4. The van der Waals surface area contributed by atoms with Crippen LogP contribution in [-0.2, 0) is 9.53 Å². The topological polar surface area (TPSA) is 29.5 Å². The molecule has 0 aromatic carbocycles. The SMILES string of the molecule is CC(C)N1CCO[C@H](/C=C/C=O)C1. The Balaban J connectivity index is 2.41. The zero-order valence-electron chi connectivity index (χ0n) is 8.27. The molecule has 1 aliphatic rings. The lowest BCUT2D eigenvalue weighted by Crippen LogP contribution is -2.45. The van der Waals surface area contributed by atoms with E-state index >= 15 is 0 Å². The number of hydrogen-bond acceptors (Lipinski definition) is 3. The van der Waals surface area contributed by atoms with Crippen molar-refractivity contribution >= 4 is 6.29 Å².